The number of para-hydroxylation sites is 1. The normalized spacial score (nSPS) is 11.1. The van der Waals surface area contributed by atoms with Crippen molar-refractivity contribution in [3.63, 3.8) is 0 Å². The quantitative estimate of drug-likeness (QED) is 0.878. The first kappa shape index (κ1) is 15.5. The van der Waals surface area contributed by atoms with E-state index < -0.39 is 27.3 Å². The first-order valence-corrected chi connectivity index (χ1v) is 7.94. The van der Waals surface area contributed by atoms with Crippen LogP contribution in [0.4, 0.5) is 10.1 Å². The van der Waals surface area contributed by atoms with Crippen molar-refractivity contribution < 1.29 is 17.6 Å². The Morgan fingerprint density at radius 1 is 1.10 bits per heavy atom. The van der Waals surface area contributed by atoms with Gasteiger partial charge in [-0.25, -0.2) is 12.8 Å². The molecule has 0 spiro atoms. The zero-order valence-corrected chi connectivity index (χ0v) is 12.3. The van der Waals surface area contributed by atoms with E-state index in [1.807, 2.05) is 0 Å². The van der Waals surface area contributed by atoms with Gasteiger partial charge >= 0.3 is 0 Å². The molecule has 0 fully saturated rings. The lowest BCUT2D eigenvalue weighted by Gasteiger charge is -2.07. The van der Waals surface area contributed by atoms with Gasteiger partial charge in [-0.3, -0.25) is 4.79 Å². The van der Waals surface area contributed by atoms with Crippen molar-refractivity contribution in [3.05, 3.63) is 59.4 Å². The Morgan fingerprint density at radius 2 is 1.71 bits per heavy atom. The number of benzene rings is 2. The fourth-order valence-corrected chi connectivity index (χ4v) is 2.96. The summed E-state index contributed by atoms with van der Waals surface area (Å²) in [6.45, 7) is 0. The summed E-state index contributed by atoms with van der Waals surface area (Å²) in [4.78, 5) is 11.7. The van der Waals surface area contributed by atoms with Crippen LogP contribution in [0.5, 0.6) is 0 Å². The Hall–Kier alpha value is -1.92. The first-order valence-electron chi connectivity index (χ1n) is 5.91. The average molecular weight is 328 g/mol. The predicted octanol–water partition coefficient (Wildman–Crippen LogP) is 2.89. The van der Waals surface area contributed by atoms with Crippen molar-refractivity contribution in [1.29, 1.82) is 0 Å². The zero-order chi connectivity index (χ0) is 15.5. The highest BCUT2D eigenvalue weighted by atomic mass is 35.5. The molecular weight excluding hydrogens is 317 g/mol. The fraction of sp³-hybridized carbons (Fsp3) is 0.0714. The first-order chi connectivity index (χ1) is 9.88. The van der Waals surface area contributed by atoms with E-state index in [2.05, 4.69) is 5.32 Å². The molecule has 110 valence electrons. The summed E-state index contributed by atoms with van der Waals surface area (Å²) < 4.78 is 36.8. The molecule has 0 radical (unpaired) electrons. The van der Waals surface area contributed by atoms with E-state index in [9.17, 15) is 17.6 Å². The molecule has 0 unspecified atom stereocenters. The molecule has 0 bridgehead atoms. The molecule has 2 aromatic rings. The molecule has 0 aliphatic rings. The fourth-order valence-electron chi connectivity index (χ4n) is 1.65. The molecule has 7 heteroatoms. The van der Waals surface area contributed by atoms with E-state index in [0.717, 1.165) is 24.3 Å². The molecule has 2 rings (SSSR count). The second-order valence-electron chi connectivity index (χ2n) is 4.24. The third-order valence-corrected chi connectivity index (χ3v) is 4.60. The van der Waals surface area contributed by atoms with Gasteiger partial charge in [0, 0.05) is 0 Å². The van der Waals surface area contributed by atoms with Crippen LogP contribution in [0, 0.1) is 5.82 Å². The standard InChI is InChI=1S/C14H11ClFNO3S/c15-12-3-1-2-4-13(12)17-14(18)9-21(19,20)11-7-5-10(16)6-8-11/h1-8H,9H2,(H,17,18). The molecule has 4 nitrogen and oxygen atoms in total. The molecule has 0 saturated carbocycles. The van der Waals surface area contributed by atoms with Crippen LogP contribution in [0.3, 0.4) is 0 Å². The summed E-state index contributed by atoms with van der Waals surface area (Å²) in [6, 6.07) is 10.8. The highest BCUT2D eigenvalue weighted by Crippen LogP contribution is 2.20. The van der Waals surface area contributed by atoms with Crippen LogP contribution in [-0.4, -0.2) is 20.1 Å². The second-order valence-corrected chi connectivity index (χ2v) is 6.64. The van der Waals surface area contributed by atoms with Gasteiger partial charge in [-0.15, -0.1) is 0 Å². The molecule has 1 N–H and O–H groups in total. The van der Waals surface area contributed by atoms with Crippen LogP contribution in [0.15, 0.2) is 53.4 Å². The number of carbonyl (C=O) groups excluding carboxylic acids is 1. The minimum absolute atomic E-state index is 0.113. The van der Waals surface area contributed by atoms with Crippen LogP contribution in [-0.2, 0) is 14.6 Å². The van der Waals surface area contributed by atoms with Crippen molar-refractivity contribution in [3.8, 4) is 0 Å². The van der Waals surface area contributed by atoms with Crippen LogP contribution >= 0.6 is 11.6 Å². The van der Waals surface area contributed by atoms with E-state index in [0.29, 0.717) is 10.7 Å². The van der Waals surface area contributed by atoms with E-state index in [-0.39, 0.29) is 4.90 Å². The van der Waals surface area contributed by atoms with Gasteiger partial charge < -0.3 is 5.32 Å². The van der Waals surface area contributed by atoms with Crippen LogP contribution in [0.25, 0.3) is 0 Å². The highest BCUT2D eigenvalue weighted by Gasteiger charge is 2.19. The molecule has 0 aliphatic carbocycles. The average Bonchev–Trinajstić information content (AvgIpc) is 2.41. The molecule has 21 heavy (non-hydrogen) atoms. The number of hydrogen-bond acceptors (Lipinski definition) is 3. The molecule has 1 amide bonds. The maximum absolute atomic E-state index is 12.8. The lowest BCUT2D eigenvalue weighted by atomic mass is 10.3. The van der Waals surface area contributed by atoms with Crippen LogP contribution < -0.4 is 5.32 Å². The van der Waals surface area contributed by atoms with Crippen LogP contribution in [0.2, 0.25) is 5.02 Å². The maximum Gasteiger partial charge on any atom is 0.240 e. The largest absolute Gasteiger partial charge is 0.324 e. The van der Waals surface area contributed by atoms with Gasteiger partial charge in [0.1, 0.15) is 11.6 Å². The van der Waals surface area contributed by atoms with Gasteiger partial charge in [-0.2, -0.15) is 0 Å². The lowest BCUT2D eigenvalue weighted by Crippen LogP contribution is -2.23. The smallest absolute Gasteiger partial charge is 0.240 e. The Labute approximate surface area is 126 Å². The van der Waals surface area contributed by atoms with E-state index in [1.54, 1.807) is 24.3 Å². The van der Waals surface area contributed by atoms with E-state index >= 15 is 0 Å². The van der Waals surface area contributed by atoms with E-state index in [1.165, 1.54) is 0 Å². The molecule has 2 aromatic carbocycles. The zero-order valence-electron chi connectivity index (χ0n) is 10.7. The highest BCUT2D eigenvalue weighted by molar-refractivity contribution is 7.92. The number of hydrogen-bond donors (Lipinski definition) is 1. The summed E-state index contributed by atoms with van der Waals surface area (Å²) >= 11 is 5.87. The van der Waals surface area contributed by atoms with E-state index in [4.69, 9.17) is 11.6 Å². The third kappa shape index (κ3) is 4.03. The Morgan fingerprint density at radius 3 is 2.33 bits per heavy atom. The summed E-state index contributed by atoms with van der Waals surface area (Å²) in [5, 5.41) is 2.73. The Kier molecular flexibility index (Phi) is 4.59. The number of carbonyl (C=O) groups is 1. The Balaban J connectivity index is 2.12. The summed E-state index contributed by atoms with van der Waals surface area (Å²) in [7, 11) is -3.83. The van der Waals surface area contributed by atoms with Crippen LogP contribution in [0.1, 0.15) is 0 Å². The number of sulfone groups is 1. The van der Waals surface area contributed by atoms with Gasteiger partial charge in [0.2, 0.25) is 5.91 Å². The van der Waals surface area contributed by atoms with Gasteiger partial charge in [0.05, 0.1) is 15.6 Å². The topological polar surface area (TPSA) is 63.2 Å². The number of rotatable bonds is 4. The number of halogens is 2. The molecular formula is C14H11ClFNO3S. The van der Waals surface area contributed by atoms with Crippen molar-refractivity contribution in [2.45, 2.75) is 4.90 Å². The number of nitrogens with one attached hydrogen (secondary N) is 1. The SMILES string of the molecule is O=C(CS(=O)(=O)c1ccc(F)cc1)Nc1ccccc1Cl. The number of anilines is 1. The monoisotopic (exact) mass is 327 g/mol. The second kappa shape index (κ2) is 6.24. The molecule has 0 heterocycles. The summed E-state index contributed by atoms with van der Waals surface area (Å²) in [6.07, 6.45) is 0. The molecule has 0 saturated heterocycles. The third-order valence-electron chi connectivity index (χ3n) is 2.64. The van der Waals surface area contributed by atoms with Gasteiger partial charge in [-0.1, -0.05) is 23.7 Å². The minimum atomic E-state index is -3.83. The minimum Gasteiger partial charge on any atom is -0.324 e. The van der Waals surface area contributed by atoms with Gasteiger partial charge in [0.25, 0.3) is 0 Å². The number of amides is 1. The molecule has 0 atom stereocenters. The maximum atomic E-state index is 12.8. The van der Waals surface area contributed by atoms with Crippen molar-refractivity contribution in [2.24, 2.45) is 0 Å². The van der Waals surface area contributed by atoms with Crippen molar-refractivity contribution in [2.75, 3.05) is 11.1 Å². The van der Waals surface area contributed by atoms with Gasteiger partial charge in [-0.05, 0) is 36.4 Å². The van der Waals surface area contributed by atoms with Gasteiger partial charge in [0.15, 0.2) is 9.84 Å². The van der Waals surface area contributed by atoms with Crippen molar-refractivity contribution >= 4 is 33.0 Å². The lowest BCUT2D eigenvalue weighted by molar-refractivity contribution is -0.113. The summed E-state index contributed by atoms with van der Waals surface area (Å²) in [5.74, 6) is -2.01. The molecule has 0 aliphatic heterocycles. The Bertz CT molecular complexity index is 760. The predicted molar refractivity (Wildman–Crippen MR) is 78.5 cm³/mol. The summed E-state index contributed by atoms with van der Waals surface area (Å²) in [5.41, 5.74) is 0.332. The molecule has 0 aromatic heterocycles. The van der Waals surface area contributed by atoms with Crippen molar-refractivity contribution in [1.82, 2.24) is 0 Å².